The van der Waals surface area contributed by atoms with Crippen LogP contribution in [0.5, 0.6) is 0 Å². The predicted octanol–water partition coefficient (Wildman–Crippen LogP) is 3.83. The zero-order valence-corrected chi connectivity index (χ0v) is 16.5. The van der Waals surface area contributed by atoms with Crippen LogP contribution in [0, 0.1) is 6.92 Å². The molecule has 0 bridgehead atoms. The summed E-state index contributed by atoms with van der Waals surface area (Å²) in [7, 11) is 0. The molecule has 3 aromatic rings. The molecule has 1 aliphatic heterocycles. The zero-order chi connectivity index (χ0) is 20.4. The fourth-order valence-corrected chi connectivity index (χ4v) is 3.76. The van der Waals surface area contributed by atoms with Crippen molar-refractivity contribution >= 4 is 29.1 Å². The lowest BCUT2D eigenvalue weighted by atomic mass is 10.1. The Labute approximate surface area is 170 Å². The maximum atomic E-state index is 12.4. The molecule has 1 aromatic carbocycles. The summed E-state index contributed by atoms with van der Waals surface area (Å²) in [6.45, 7) is 2.06. The van der Waals surface area contributed by atoms with E-state index in [0.717, 1.165) is 10.4 Å². The quantitative estimate of drug-likeness (QED) is 0.434. The Balaban J connectivity index is 1.25. The Hall–Kier alpha value is -3.26. The molecule has 4 rings (SSSR count). The maximum Gasteiger partial charge on any atom is 0.306 e. The first-order valence-corrected chi connectivity index (χ1v) is 10.0. The van der Waals surface area contributed by atoms with Crippen molar-refractivity contribution in [3.05, 3.63) is 64.4 Å². The van der Waals surface area contributed by atoms with Gasteiger partial charge in [0.15, 0.2) is 0 Å². The third kappa shape index (κ3) is 3.97. The van der Waals surface area contributed by atoms with Crippen molar-refractivity contribution in [1.82, 2.24) is 9.88 Å². The molecule has 0 N–H and O–H groups in total. The van der Waals surface area contributed by atoms with Gasteiger partial charge in [0.25, 0.3) is 11.8 Å². The molecule has 0 saturated heterocycles. The van der Waals surface area contributed by atoms with Gasteiger partial charge in [-0.25, -0.2) is 4.98 Å². The lowest BCUT2D eigenvalue weighted by molar-refractivity contribution is -0.145. The molecule has 2 amide bonds. The minimum Gasteiger partial charge on any atom is -0.459 e. The van der Waals surface area contributed by atoms with Gasteiger partial charge in [0.05, 0.1) is 16.0 Å². The van der Waals surface area contributed by atoms with E-state index in [0.29, 0.717) is 29.1 Å². The number of carbonyl (C=O) groups is 3. The Morgan fingerprint density at radius 3 is 2.83 bits per heavy atom. The van der Waals surface area contributed by atoms with Crippen LogP contribution in [-0.4, -0.2) is 34.2 Å². The number of oxazole rings is 1. The van der Waals surface area contributed by atoms with Crippen molar-refractivity contribution in [1.29, 1.82) is 0 Å². The van der Waals surface area contributed by atoms with Crippen molar-refractivity contribution < 1.29 is 23.5 Å². The van der Waals surface area contributed by atoms with Gasteiger partial charge in [0.1, 0.15) is 18.6 Å². The highest BCUT2D eigenvalue weighted by molar-refractivity contribution is 7.13. The highest BCUT2D eigenvalue weighted by atomic mass is 32.1. The molecule has 0 fully saturated rings. The topological polar surface area (TPSA) is 89.7 Å². The van der Waals surface area contributed by atoms with E-state index in [4.69, 9.17) is 9.15 Å². The number of carbonyl (C=O) groups excluding carboxylic acids is 3. The van der Waals surface area contributed by atoms with E-state index in [9.17, 15) is 14.4 Å². The summed E-state index contributed by atoms with van der Waals surface area (Å²) in [5.41, 5.74) is 2.28. The van der Waals surface area contributed by atoms with Crippen molar-refractivity contribution in [2.75, 3.05) is 6.54 Å². The van der Waals surface area contributed by atoms with Crippen molar-refractivity contribution in [2.24, 2.45) is 0 Å². The van der Waals surface area contributed by atoms with Gasteiger partial charge in [0, 0.05) is 13.0 Å². The molecule has 0 aliphatic carbocycles. The molecule has 0 spiro atoms. The van der Waals surface area contributed by atoms with Crippen LogP contribution in [0.4, 0.5) is 0 Å². The second-order valence-electron chi connectivity index (χ2n) is 6.70. The van der Waals surface area contributed by atoms with Gasteiger partial charge in [-0.15, -0.1) is 11.3 Å². The number of thiophene rings is 1. The summed E-state index contributed by atoms with van der Waals surface area (Å²) < 4.78 is 10.6. The standard InChI is InChI=1S/C21H18N2O5S/c1-13-6-7-15-16(10-13)21(26)23(20(15)25)8-2-5-18(24)27-11-14-12-28-19(22-14)17-4-3-9-29-17/h3-4,6-7,9-10,12H,2,5,8,11H2,1H3. The van der Waals surface area contributed by atoms with Crippen LogP contribution in [0.2, 0.25) is 0 Å². The van der Waals surface area contributed by atoms with Crippen LogP contribution >= 0.6 is 11.3 Å². The SMILES string of the molecule is Cc1ccc2c(c1)C(=O)N(CCCC(=O)OCc1coc(-c3cccs3)n1)C2=O. The van der Waals surface area contributed by atoms with E-state index < -0.39 is 5.97 Å². The number of ether oxygens (including phenoxy) is 1. The number of amides is 2. The number of nitrogens with zero attached hydrogens (tertiary/aromatic N) is 2. The first kappa shape index (κ1) is 19.1. The molecule has 0 saturated carbocycles. The Morgan fingerprint density at radius 2 is 2.03 bits per heavy atom. The van der Waals surface area contributed by atoms with Gasteiger partial charge < -0.3 is 9.15 Å². The van der Waals surface area contributed by atoms with E-state index in [1.54, 1.807) is 18.2 Å². The molecule has 1 aliphatic rings. The van der Waals surface area contributed by atoms with Gasteiger partial charge in [-0.2, -0.15) is 0 Å². The number of aryl methyl sites for hydroxylation is 1. The van der Waals surface area contributed by atoms with E-state index in [2.05, 4.69) is 4.98 Å². The number of esters is 1. The molecule has 8 heteroatoms. The molecular weight excluding hydrogens is 392 g/mol. The number of hydrogen-bond donors (Lipinski definition) is 0. The molecule has 0 unspecified atom stereocenters. The Kier molecular flexibility index (Phi) is 5.26. The lowest BCUT2D eigenvalue weighted by Gasteiger charge is -2.13. The smallest absolute Gasteiger partial charge is 0.306 e. The highest BCUT2D eigenvalue weighted by Crippen LogP contribution is 2.25. The van der Waals surface area contributed by atoms with Crippen molar-refractivity contribution in [3.8, 4) is 10.8 Å². The van der Waals surface area contributed by atoms with Crippen LogP contribution in [-0.2, 0) is 16.1 Å². The van der Waals surface area contributed by atoms with Crippen LogP contribution in [0.15, 0.2) is 46.4 Å². The van der Waals surface area contributed by atoms with E-state index in [1.165, 1.54) is 22.5 Å². The minimum absolute atomic E-state index is 0.0139. The third-order valence-corrected chi connectivity index (χ3v) is 5.41. The van der Waals surface area contributed by atoms with E-state index >= 15 is 0 Å². The number of benzene rings is 1. The highest BCUT2D eigenvalue weighted by Gasteiger charge is 2.35. The number of hydrogen-bond acceptors (Lipinski definition) is 7. The molecule has 3 heterocycles. The third-order valence-electron chi connectivity index (χ3n) is 4.55. The fourth-order valence-electron chi connectivity index (χ4n) is 3.10. The lowest BCUT2D eigenvalue weighted by Crippen LogP contribution is -2.31. The molecule has 148 valence electrons. The summed E-state index contributed by atoms with van der Waals surface area (Å²) in [5.74, 6) is -0.558. The van der Waals surface area contributed by atoms with Crippen LogP contribution < -0.4 is 0 Å². The molecule has 7 nitrogen and oxygen atoms in total. The van der Waals surface area contributed by atoms with Gasteiger partial charge >= 0.3 is 5.97 Å². The molecule has 29 heavy (non-hydrogen) atoms. The average molecular weight is 410 g/mol. The number of imide groups is 1. The van der Waals surface area contributed by atoms with Gasteiger partial charge in [0.2, 0.25) is 5.89 Å². The first-order chi connectivity index (χ1) is 14.0. The summed E-state index contributed by atoms with van der Waals surface area (Å²) in [6, 6.07) is 8.98. The number of rotatable bonds is 7. The molecule has 0 radical (unpaired) electrons. The Bertz CT molecular complexity index is 1070. The summed E-state index contributed by atoms with van der Waals surface area (Å²) >= 11 is 1.51. The van der Waals surface area contributed by atoms with Crippen molar-refractivity contribution in [2.45, 2.75) is 26.4 Å². The van der Waals surface area contributed by atoms with E-state index in [1.807, 2.05) is 24.4 Å². The Morgan fingerprint density at radius 1 is 1.21 bits per heavy atom. The van der Waals surface area contributed by atoms with Gasteiger partial charge in [-0.1, -0.05) is 17.7 Å². The van der Waals surface area contributed by atoms with Crippen molar-refractivity contribution in [3.63, 3.8) is 0 Å². The summed E-state index contributed by atoms with van der Waals surface area (Å²) in [6.07, 6.45) is 1.90. The molecular formula is C21H18N2O5S. The minimum atomic E-state index is -0.418. The maximum absolute atomic E-state index is 12.4. The second kappa shape index (κ2) is 8.00. The predicted molar refractivity (Wildman–Crippen MR) is 105 cm³/mol. The number of aromatic nitrogens is 1. The average Bonchev–Trinajstić information content (AvgIpc) is 3.43. The second-order valence-corrected chi connectivity index (χ2v) is 7.64. The summed E-state index contributed by atoms with van der Waals surface area (Å²) in [4.78, 5) is 43.1. The molecule has 2 aromatic heterocycles. The largest absolute Gasteiger partial charge is 0.459 e. The molecule has 0 atom stereocenters. The normalized spacial score (nSPS) is 13.1. The fraction of sp³-hybridized carbons (Fsp3) is 0.238. The van der Waals surface area contributed by atoms with Crippen LogP contribution in [0.3, 0.4) is 0 Å². The monoisotopic (exact) mass is 410 g/mol. The van der Waals surface area contributed by atoms with E-state index in [-0.39, 0.29) is 31.4 Å². The van der Waals surface area contributed by atoms with Crippen LogP contribution in [0.1, 0.15) is 44.8 Å². The van der Waals surface area contributed by atoms with Crippen LogP contribution in [0.25, 0.3) is 10.8 Å². The first-order valence-electron chi connectivity index (χ1n) is 9.13. The summed E-state index contributed by atoms with van der Waals surface area (Å²) in [5, 5.41) is 1.93. The van der Waals surface area contributed by atoms with Gasteiger partial charge in [-0.3, -0.25) is 19.3 Å². The zero-order valence-electron chi connectivity index (χ0n) is 15.7. The van der Waals surface area contributed by atoms with Gasteiger partial charge in [-0.05, 0) is 36.9 Å². The number of fused-ring (bicyclic) bond motifs is 1.